The van der Waals surface area contributed by atoms with E-state index in [4.69, 9.17) is 4.74 Å². The summed E-state index contributed by atoms with van der Waals surface area (Å²) >= 11 is 0. The largest absolute Gasteiger partial charge is 0.415 e. The number of carbonyl (C=O) groups is 1. The van der Waals surface area contributed by atoms with Gasteiger partial charge in [-0.15, -0.1) is 0 Å². The molecule has 0 saturated carbocycles. The molecular formula is C12H20N2O2. The maximum absolute atomic E-state index is 11.4. The van der Waals surface area contributed by atoms with Crippen LogP contribution in [-0.4, -0.2) is 49.6 Å². The summed E-state index contributed by atoms with van der Waals surface area (Å²) in [4.78, 5) is 15.2. The Hall–Kier alpha value is -1.03. The molecule has 0 N–H and O–H groups in total. The van der Waals surface area contributed by atoms with Crippen LogP contribution in [0.1, 0.15) is 19.3 Å². The maximum Gasteiger partial charge on any atom is 0.414 e. The molecule has 0 aromatic heterocycles. The summed E-state index contributed by atoms with van der Waals surface area (Å²) in [5.74, 6) is 1.60. The Morgan fingerprint density at radius 3 is 2.94 bits per heavy atom. The molecule has 2 unspecified atom stereocenters. The van der Waals surface area contributed by atoms with Crippen molar-refractivity contribution in [3.05, 3.63) is 11.8 Å². The number of likely N-dealkylation sites (tertiary alicyclic amines) is 1. The number of hydrogen-bond acceptors (Lipinski definition) is 3. The van der Waals surface area contributed by atoms with Crippen LogP contribution in [0.25, 0.3) is 0 Å². The molecule has 90 valence electrons. The molecule has 2 atom stereocenters. The molecule has 4 heteroatoms. The zero-order valence-electron chi connectivity index (χ0n) is 10.3. The number of fused-ring (bicyclic) bond motifs is 1. The van der Waals surface area contributed by atoms with E-state index in [2.05, 4.69) is 18.0 Å². The topological polar surface area (TPSA) is 32.8 Å². The van der Waals surface area contributed by atoms with E-state index in [1.807, 2.05) is 0 Å². The predicted octanol–water partition coefficient (Wildman–Crippen LogP) is 1.68. The van der Waals surface area contributed by atoms with Crippen LogP contribution >= 0.6 is 0 Å². The Morgan fingerprint density at radius 2 is 2.25 bits per heavy atom. The number of allylic oxidation sites excluding steroid dienone is 1. The third kappa shape index (κ3) is 2.21. The highest BCUT2D eigenvalue weighted by atomic mass is 16.6. The molecule has 0 spiro atoms. The number of ether oxygens (including phenoxy) is 1. The van der Waals surface area contributed by atoms with E-state index in [0.29, 0.717) is 6.04 Å². The quantitative estimate of drug-likeness (QED) is 0.679. The third-order valence-corrected chi connectivity index (χ3v) is 3.55. The van der Waals surface area contributed by atoms with Gasteiger partial charge >= 0.3 is 6.09 Å². The number of likely N-dealkylation sites (N-methyl/N-ethyl adjacent to an activating group) is 1. The molecule has 1 fully saturated rings. The van der Waals surface area contributed by atoms with Gasteiger partial charge in [0.05, 0.1) is 0 Å². The summed E-state index contributed by atoms with van der Waals surface area (Å²) < 4.78 is 5.33. The van der Waals surface area contributed by atoms with Crippen molar-refractivity contribution in [3.8, 4) is 0 Å². The van der Waals surface area contributed by atoms with Gasteiger partial charge < -0.3 is 9.64 Å². The molecule has 0 radical (unpaired) electrons. The van der Waals surface area contributed by atoms with Crippen LogP contribution in [0.3, 0.4) is 0 Å². The van der Waals surface area contributed by atoms with Crippen molar-refractivity contribution in [3.63, 3.8) is 0 Å². The standard InChI is InChI=1S/C12H20N2O2/c1-13(2)12(15)16-10-5-4-9-6-7-14(3)11(9)8-10/h8-9,11H,4-7H2,1-3H3. The van der Waals surface area contributed by atoms with Gasteiger partial charge in [0, 0.05) is 26.6 Å². The van der Waals surface area contributed by atoms with Crippen molar-refractivity contribution in [1.82, 2.24) is 9.80 Å². The lowest BCUT2D eigenvalue weighted by atomic mass is 9.89. The van der Waals surface area contributed by atoms with Gasteiger partial charge in [-0.2, -0.15) is 0 Å². The molecule has 0 aromatic rings. The van der Waals surface area contributed by atoms with E-state index in [1.165, 1.54) is 11.3 Å². The van der Waals surface area contributed by atoms with Gasteiger partial charge in [0.25, 0.3) is 0 Å². The van der Waals surface area contributed by atoms with Crippen LogP contribution in [-0.2, 0) is 4.74 Å². The first-order valence-electron chi connectivity index (χ1n) is 5.88. The van der Waals surface area contributed by atoms with E-state index in [9.17, 15) is 4.79 Å². The smallest absolute Gasteiger partial charge is 0.414 e. The fraction of sp³-hybridized carbons (Fsp3) is 0.750. The first kappa shape index (κ1) is 11.5. The second-order valence-electron chi connectivity index (χ2n) is 4.95. The molecular weight excluding hydrogens is 204 g/mol. The van der Waals surface area contributed by atoms with Gasteiger partial charge in [-0.3, -0.25) is 4.90 Å². The third-order valence-electron chi connectivity index (χ3n) is 3.55. The van der Waals surface area contributed by atoms with E-state index in [0.717, 1.165) is 31.1 Å². The van der Waals surface area contributed by atoms with Crippen molar-refractivity contribution in [2.24, 2.45) is 5.92 Å². The summed E-state index contributed by atoms with van der Waals surface area (Å²) in [6, 6.07) is 0.471. The Morgan fingerprint density at radius 1 is 1.50 bits per heavy atom. The normalized spacial score (nSPS) is 29.6. The average Bonchev–Trinajstić information content (AvgIpc) is 2.60. The Labute approximate surface area is 96.8 Å². The molecule has 2 rings (SSSR count). The SMILES string of the molecule is CN(C)C(=O)OC1=CC2C(CC1)CCN2C. The summed E-state index contributed by atoms with van der Waals surface area (Å²) in [5, 5.41) is 0. The van der Waals surface area contributed by atoms with Crippen molar-refractivity contribution < 1.29 is 9.53 Å². The van der Waals surface area contributed by atoms with Gasteiger partial charge in [-0.1, -0.05) is 0 Å². The van der Waals surface area contributed by atoms with Crippen LogP contribution in [0.15, 0.2) is 11.8 Å². The number of nitrogens with zero attached hydrogens (tertiary/aromatic N) is 2. The highest BCUT2D eigenvalue weighted by Crippen LogP contribution is 2.34. The molecule has 1 amide bonds. The van der Waals surface area contributed by atoms with Crippen LogP contribution in [0.4, 0.5) is 4.79 Å². The van der Waals surface area contributed by atoms with Crippen LogP contribution < -0.4 is 0 Å². The predicted molar refractivity (Wildman–Crippen MR) is 62.0 cm³/mol. The summed E-state index contributed by atoms with van der Waals surface area (Å²) in [6.07, 6.45) is 5.16. The molecule has 16 heavy (non-hydrogen) atoms. The van der Waals surface area contributed by atoms with E-state index in [1.54, 1.807) is 14.1 Å². The van der Waals surface area contributed by atoms with Crippen molar-refractivity contribution in [2.45, 2.75) is 25.3 Å². The monoisotopic (exact) mass is 224 g/mol. The Bertz CT molecular complexity index is 312. The molecule has 0 bridgehead atoms. The second-order valence-corrected chi connectivity index (χ2v) is 4.95. The number of amides is 1. The van der Waals surface area contributed by atoms with Crippen molar-refractivity contribution in [2.75, 3.05) is 27.7 Å². The van der Waals surface area contributed by atoms with E-state index >= 15 is 0 Å². The van der Waals surface area contributed by atoms with Crippen molar-refractivity contribution >= 4 is 6.09 Å². The fourth-order valence-corrected chi connectivity index (χ4v) is 2.52. The Kier molecular flexibility index (Phi) is 3.19. The number of carbonyl (C=O) groups excluding carboxylic acids is 1. The first-order valence-corrected chi connectivity index (χ1v) is 5.88. The zero-order chi connectivity index (χ0) is 11.7. The highest BCUT2D eigenvalue weighted by Gasteiger charge is 2.33. The van der Waals surface area contributed by atoms with Gasteiger partial charge in [0.15, 0.2) is 0 Å². The number of rotatable bonds is 1. The van der Waals surface area contributed by atoms with Crippen LogP contribution in [0.2, 0.25) is 0 Å². The van der Waals surface area contributed by atoms with Gasteiger partial charge in [-0.25, -0.2) is 4.79 Å². The molecule has 2 aliphatic rings. The summed E-state index contributed by atoms with van der Waals surface area (Å²) in [7, 11) is 5.55. The van der Waals surface area contributed by atoms with Crippen LogP contribution in [0, 0.1) is 5.92 Å². The average molecular weight is 224 g/mol. The maximum atomic E-state index is 11.4. The highest BCUT2D eigenvalue weighted by molar-refractivity contribution is 5.68. The van der Waals surface area contributed by atoms with E-state index in [-0.39, 0.29) is 6.09 Å². The first-order chi connectivity index (χ1) is 7.58. The lowest BCUT2D eigenvalue weighted by Gasteiger charge is -2.27. The summed E-state index contributed by atoms with van der Waals surface area (Å²) in [5.41, 5.74) is 0. The minimum absolute atomic E-state index is 0.273. The Balaban J connectivity index is 2.01. The second kappa shape index (κ2) is 4.45. The van der Waals surface area contributed by atoms with Crippen molar-refractivity contribution in [1.29, 1.82) is 0 Å². The number of hydrogen-bond donors (Lipinski definition) is 0. The van der Waals surface area contributed by atoms with Gasteiger partial charge in [0.2, 0.25) is 0 Å². The summed E-state index contributed by atoms with van der Waals surface area (Å²) in [6.45, 7) is 1.15. The minimum atomic E-state index is -0.273. The zero-order valence-corrected chi connectivity index (χ0v) is 10.3. The van der Waals surface area contributed by atoms with Gasteiger partial charge in [0.1, 0.15) is 5.76 Å². The lowest BCUT2D eigenvalue weighted by molar-refractivity contribution is 0.137. The molecule has 1 aliphatic carbocycles. The molecule has 4 nitrogen and oxygen atoms in total. The van der Waals surface area contributed by atoms with Crippen LogP contribution in [0.5, 0.6) is 0 Å². The fourth-order valence-electron chi connectivity index (χ4n) is 2.52. The molecule has 1 saturated heterocycles. The van der Waals surface area contributed by atoms with E-state index < -0.39 is 0 Å². The lowest BCUT2D eigenvalue weighted by Crippen LogP contribution is -2.31. The molecule has 1 heterocycles. The molecule has 1 aliphatic heterocycles. The minimum Gasteiger partial charge on any atom is -0.415 e. The molecule has 0 aromatic carbocycles. The van der Waals surface area contributed by atoms with Gasteiger partial charge in [-0.05, 0) is 38.4 Å².